The first-order chi connectivity index (χ1) is 16.6. The fourth-order valence-corrected chi connectivity index (χ4v) is 4.58. The summed E-state index contributed by atoms with van der Waals surface area (Å²) in [6, 6.07) is 24.2. The van der Waals surface area contributed by atoms with Gasteiger partial charge in [0.1, 0.15) is 0 Å². The van der Waals surface area contributed by atoms with Gasteiger partial charge in [-0.05, 0) is 47.9 Å². The van der Waals surface area contributed by atoms with Gasteiger partial charge in [-0.25, -0.2) is 0 Å². The molecule has 1 amide bonds. The Balaban J connectivity index is 1.12. The molecule has 2 aliphatic heterocycles. The maximum absolute atomic E-state index is 12.8. The van der Waals surface area contributed by atoms with E-state index < -0.39 is 0 Å². The molecule has 2 aliphatic rings. The molecule has 1 unspecified atom stereocenters. The van der Waals surface area contributed by atoms with Crippen LogP contribution in [0.3, 0.4) is 0 Å². The molecule has 1 saturated heterocycles. The van der Waals surface area contributed by atoms with Gasteiger partial charge in [-0.2, -0.15) is 0 Å². The first-order valence-corrected chi connectivity index (χ1v) is 11.9. The van der Waals surface area contributed by atoms with Crippen molar-refractivity contribution in [1.29, 1.82) is 0 Å². The smallest absolute Gasteiger partial charge is 0.251 e. The van der Waals surface area contributed by atoms with Gasteiger partial charge in [0.05, 0.1) is 6.04 Å². The van der Waals surface area contributed by atoms with Crippen LogP contribution < -0.4 is 14.8 Å². The zero-order valence-electron chi connectivity index (χ0n) is 19.6. The van der Waals surface area contributed by atoms with Gasteiger partial charge in [0, 0.05) is 44.8 Å². The predicted octanol–water partition coefficient (Wildman–Crippen LogP) is 4.22. The van der Waals surface area contributed by atoms with E-state index in [4.69, 9.17) is 9.47 Å². The lowest BCUT2D eigenvalue weighted by molar-refractivity contribution is 0.0939. The molecule has 3 aromatic carbocycles. The van der Waals surface area contributed by atoms with Crippen molar-refractivity contribution in [3.63, 3.8) is 0 Å². The molecule has 5 rings (SSSR count). The summed E-state index contributed by atoms with van der Waals surface area (Å²) in [5.74, 6) is 1.64. The molecule has 0 saturated carbocycles. The number of nitrogens with zero attached hydrogens (tertiary/aromatic N) is 2. The minimum absolute atomic E-state index is 0.0322. The van der Waals surface area contributed by atoms with Crippen molar-refractivity contribution in [2.45, 2.75) is 26.1 Å². The Hall–Kier alpha value is -3.35. The van der Waals surface area contributed by atoms with E-state index in [-0.39, 0.29) is 11.9 Å². The first kappa shape index (κ1) is 22.4. The van der Waals surface area contributed by atoms with Crippen LogP contribution >= 0.6 is 0 Å². The second kappa shape index (κ2) is 10.3. The second-order valence-corrected chi connectivity index (χ2v) is 9.05. The third kappa shape index (κ3) is 5.41. The maximum Gasteiger partial charge on any atom is 0.251 e. The van der Waals surface area contributed by atoms with Crippen LogP contribution in [0, 0.1) is 0 Å². The summed E-state index contributed by atoms with van der Waals surface area (Å²) in [7, 11) is 0. The van der Waals surface area contributed by atoms with Crippen LogP contribution in [0.2, 0.25) is 0 Å². The summed E-state index contributed by atoms with van der Waals surface area (Å²) in [4.78, 5) is 17.7. The van der Waals surface area contributed by atoms with E-state index >= 15 is 0 Å². The molecule has 0 spiro atoms. The number of ether oxygens (including phenoxy) is 2. The topological polar surface area (TPSA) is 54.0 Å². The molecule has 0 aliphatic carbocycles. The number of carbonyl (C=O) groups excluding carboxylic acids is 1. The Morgan fingerprint density at radius 3 is 2.24 bits per heavy atom. The van der Waals surface area contributed by atoms with Crippen molar-refractivity contribution in [3.8, 4) is 11.5 Å². The summed E-state index contributed by atoms with van der Waals surface area (Å²) >= 11 is 0. The number of hydrogen-bond acceptors (Lipinski definition) is 5. The highest BCUT2D eigenvalue weighted by atomic mass is 16.7. The molecule has 0 aromatic heterocycles. The standard InChI is InChI=1S/C28H31N3O3/c1-21(24-7-3-2-4-8-24)29-28(32)25-9-5-6-22(16-25)18-30-12-14-31(15-13-30)19-23-10-11-26-27(17-23)34-20-33-26/h2-11,16-17,21H,12-15,18-20H2,1H3,(H,29,32). The van der Waals surface area contributed by atoms with Crippen LogP contribution in [0.15, 0.2) is 72.8 Å². The highest BCUT2D eigenvalue weighted by Gasteiger charge is 2.19. The van der Waals surface area contributed by atoms with Crippen LogP contribution in [0.25, 0.3) is 0 Å². The molecule has 3 aromatic rings. The molecule has 6 nitrogen and oxygen atoms in total. The molecule has 34 heavy (non-hydrogen) atoms. The average Bonchev–Trinajstić information content (AvgIpc) is 3.34. The summed E-state index contributed by atoms with van der Waals surface area (Å²) in [5.41, 5.74) is 4.23. The Bertz CT molecular complexity index is 1130. The van der Waals surface area contributed by atoms with Crippen LogP contribution in [-0.4, -0.2) is 48.7 Å². The van der Waals surface area contributed by atoms with E-state index in [1.54, 1.807) is 0 Å². The molecule has 0 bridgehead atoms. The molecular weight excluding hydrogens is 426 g/mol. The Morgan fingerprint density at radius 1 is 0.824 bits per heavy atom. The molecular formula is C28H31N3O3. The highest BCUT2D eigenvalue weighted by Crippen LogP contribution is 2.32. The number of carbonyl (C=O) groups is 1. The SMILES string of the molecule is CC(NC(=O)c1cccc(CN2CCN(Cc3ccc4c(c3)OCO4)CC2)c1)c1ccccc1. The third-order valence-corrected chi connectivity index (χ3v) is 6.55. The number of fused-ring (bicyclic) bond motifs is 1. The van der Waals surface area contributed by atoms with Gasteiger partial charge in [0.2, 0.25) is 6.79 Å². The van der Waals surface area contributed by atoms with Gasteiger partial charge >= 0.3 is 0 Å². The third-order valence-electron chi connectivity index (χ3n) is 6.55. The summed E-state index contributed by atoms with van der Waals surface area (Å²) in [5, 5.41) is 3.11. The van der Waals surface area contributed by atoms with Crippen molar-refractivity contribution in [1.82, 2.24) is 15.1 Å². The normalized spacial score (nSPS) is 16.9. The lowest BCUT2D eigenvalue weighted by Crippen LogP contribution is -2.45. The number of piperazine rings is 1. The zero-order chi connectivity index (χ0) is 23.3. The van der Waals surface area contributed by atoms with E-state index in [0.29, 0.717) is 12.4 Å². The Labute approximate surface area is 201 Å². The van der Waals surface area contributed by atoms with Gasteiger partial charge in [-0.1, -0.05) is 48.5 Å². The van der Waals surface area contributed by atoms with E-state index in [9.17, 15) is 4.79 Å². The van der Waals surface area contributed by atoms with E-state index in [1.165, 1.54) is 11.1 Å². The maximum atomic E-state index is 12.8. The summed E-state index contributed by atoms with van der Waals surface area (Å²) < 4.78 is 10.9. The molecule has 176 valence electrons. The molecule has 0 radical (unpaired) electrons. The number of benzene rings is 3. The fourth-order valence-electron chi connectivity index (χ4n) is 4.58. The monoisotopic (exact) mass is 457 g/mol. The lowest BCUT2D eigenvalue weighted by Gasteiger charge is -2.34. The molecule has 1 atom stereocenters. The van der Waals surface area contributed by atoms with Gasteiger partial charge in [-0.3, -0.25) is 14.6 Å². The number of nitrogens with one attached hydrogen (secondary N) is 1. The second-order valence-electron chi connectivity index (χ2n) is 9.05. The number of rotatable bonds is 7. The van der Waals surface area contributed by atoms with Crippen LogP contribution in [0.5, 0.6) is 11.5 Å². The van der Waals surface area contributed by atoms with Gasteiger partial charge in [0.25, 0.3) is 5.91 Å². The van der Waals surface area contributed by atoms with Crippen LogP contribution in [-0.2, 0) is 13.1 Å². The van der Waals surface area contributed by atoms with Crippen molar-refractivity contribution in [3.05, 3.63) is 95.1 Å². The predicted molar refractivity (Wildman–Crippen MR) is 132 cm³/mol. The zero-order valence-corrected chi connectivity index (χ0v) is 19.6. The fraction of sp³-hybridized carbons (Fsp3) is 0.321. The van der Waals surface area contributed by atoms with E-state index in [2.05, 4.69) is 33.3 Å². The lowest BCUT2D eigenvalue weighted by atomic mass is 10.1. The molecule has 2 heterocycles. The largest absolute Gasteiger partial charge is 0.454 e. The Kier molecular flexibility index (Phi) is 6.79. The van der Waals surface area contributed by atoms with E-state index in [0.717, 1.165) is 56.3 Å². The van der Waals surface area contributed by atoms with Crippen molar-refractivity contribution >= 4 is 5.91 Å². The van der Waals surface area contributed by atoms with Gasteiger partial charge in [-0.15, -0.1) is 0 Å². The Morgan fingerprint density at radius 2 is 1.50 bits per heavy atom. The van der Waals surface area contributed by atoms with Crippen molar-refractivity contribution in [2.24, 2.45) is 0 Å². The molecule has 1 fully saturated rings. The molecule has 6 heteroatoms. The van der Waals surface area contributed by atoms with Crippen molar-refractivity contribution < 1.29 is 14.3 Å². The summed E-state index contributed by atoms with van der Waals surface area (Å²) in [6.07, 6.45) is 0. The van der Waals surface area contributed by atoms with Gasteiger partial charge in [0.15, 0.2) is 11.5 Å². The van der Waals surface area contributed by atoms with Crippen molar-refractivity contribution in [2.75, 3.05) is 33.0 Å². The van der Waals surface area contributed by atoms with E-state index in [1.807, 2.05) is 61.5 Å². The quantitative estimate of drug-likeness (QED) is 0.576. The highest BCUT2D eigenvalue weighted by molar-refractivity contribution is 5.94. The molecule has 1 N–H and O–H groups in total. The average molecular weight is 458 g/mol. The van der Waals surface area contributed by atoms with Gasteiger partial charge < -0.3 is 14.8 Å². The van der Waals surface area contributed by atoms with Crippen LogP contribution in [0.4, 0.5) is 0 Å². The number of hydrogen-bond donors (Lipinski definition) is 1. The van der Waals surface area contributed by atoms with Crippen LogP contribution in [0.1, 0.15) is 40.0 Å². The number of amides is 1. The first-order valence-electron chi connectivity index (χ1n) is 11.9. The summed E-state index contributed by atoms with van der Waals surface area (Å²) in [6.45, 7) is 8.14. The minimum Gasteiger partial charge on any atom is -0.454 e. The minimum atomic E-state index is -0.0354.